The molecule has 1 aromatic rings. The van der Waals surface area contributed by atoms with Gasteiger partial charge in [0.2, 0.25) is 0 Å². The number of hydrogen-bond acceptors (Lipinski definition) is 4. The molecule has 6 nitrogen and oxygen atoms in total. The third-order valence-corrected chi connectivity index (χ3v) is 2.94. The molecule has 0 amide bonds. The topological polar surface area (TPSA) is 89.7 Å². The summed E-state index contributed by atoms with van der Waals surface area (Å²) in [6.07, 6.45) is 0.580. The highest BCUT2D eigenvalue weighted by molar-refractivity contribution is 5.75. The van der Waals surface area contributed by atoms with Gasteiger partial charge < -0.3 is 9.84 Å². The number of ether oxygens (including phenoxy) is 1. The summed E-state index contributed by atoms with van der Waals surface area (Å²) < 4.78 is 4.93. The maximum Gasteiger partial charge on any atom is 0.310 e. The zero-order chi connectivity index (χ0) is 12.6. The molecule has 6 heteroatoms. The molecule has 1 aliphatic carbocycles. The lowest BCUT2D eigenvalue weighted by molar-refractivity contribution is -0.385. The molecular formula is C11H11NO5. The Morgan fingerprint density at radius 1 is 1.59 bits per heavy atom. The van der Waals surface area contributed by atoms with E-state index in [0.717, 1.165) is 5.56 Å². The van der Waals surface area contributed by atoms with E-state index >= 15 is 0 Å². The van der Waals surface area contributed by atoms with Gasteiger partial charge in [0.1, 0.15) is 0 Å². The number of hydrogen-bond donors (Lipinski definition) is 1. The highest BCUT2D eigenvalue weighted by atomic mass is 16.6. The third-order valence-electron chi connectivity index (χ3n) is 2.94. The molecule has 0 spiro atoms. The second kappa shape index (κ2) is 4.04. The van der Waals surface area contributed by atoms with Gasteiger partial charge in [-0.25, -0.2) is 0 Å². The molecule has 17 heavy (non-hydrogen) atoms. The Morgan fingerprint density at radius 3 is 2.76 bits per heavy atom. The molecule has 1 saturated carbocycles. The van der Waals surface area contributed by atoms with Crippen LogP contribution in [0.1, 0.15) is 17.9 Å². The first-order chi connectivity index (χ1) is 8.04. The highest BCUT2D eigenvalue weighted by Crippen LogP contribution is 2.48. The van der Waals surface area contributed by atoms with Gasteiger partial charge in [-0.05, 0) is 24.0 Å². The van der Waals surface area contributed by atoms with Crippen LogP contribution in [0, 0.1) is 16.0 Å². The van der Waals surface area contributed by atoms with Crippen LogP contribution in [0.5, 0.6) is 5.75 Å². The van der Waals surface area contributed by atoms with Gasteiger partial charge in [-0.3, -0.25) is 14.9 Å². The van der Waals surface area contributed by atoms with Crippen LogP contribution in [0.4, 0.5) is 5.69 Å². The number of rotatable bonds is 4. The van der Waals surface area contributed by atoms with Gasteiger partial charge in [0.25, 0.3) is 0 Å². The SMILES string of the molecule is COc1cc([C@@H]2C[C@H]2C(=O)O)ccc1[N+](=O)[O-]. The normalized spacial score (nSPS) is 21.9. The number of nitro benzene ring substituents is 1. The predicted molar refractivity (Wildman–Crippen MR) is 58.1 cm³/mol. The van der Waals surface area contributed by atoms with Crippen molar-refractivity contribution in [2.24, 2.45) is 5.92 Å². The molecule has 0 saturated heterocycles. The fourth-order valence-corrected chi connectivity index (χ4v) is 1.91. The maximum absolute atomic E-state index is 10.7. The molecule has 1 fully saturated rings. The number of benzene rings is 1. The summed E-state index contributed by atoms with van der Waals surface area (Å²) in [7, 11) is 1.35. The van der Waals surface area contributed by atoms with Gasteiger partial charge in [-0.1, -0.05) is 6.07 Å². The Labute approximate surface area is 97.0 Å². The summed E-state index contributed by atoms with van der Waals surface area (Å²) in [6.45, 7) is 0. The lowest BCUT2D eigenvalue weighted by Gasteiger charge is -2.04. The van der Waals surface area contributed by atoms with Crippen molar-refractivity contribution in [3.05, 3.63) is 33.9 Å². The summed E-state index contributed by atoms with van der Waals surface area (Å²) in [6, 6.07) is 4.49. The average molecular weight is 237 g/mol. The first-order valence-corrected chi connectivity index (χ1v) is 5.09. The molecule has 1 aliphatic rings. The maximum atomic E-state index is 10.7. The molecule has 90 valence electrons. The standard InChI is InChI=1S/C11H11NO5/c1-17-10-4-6(2-3-9(10)12(15)16)7-5-8(7)11(13)14/h2-4,7-8H,5H2,1H3,(H,13,14)/t7-,8+/m0/s1. The van der Waals surface area contributed by atoms with Crippen molar-refractivity contribution >= 4 is 11.7 Å². The van der Waals surface area contributed by atoms with Gasteiger partial charge in [0.15, 0.2) is 5.75 Å². The van der Waals surface area contributed by atoms with Crippen molar-refractivity contribution < 1.29 is 19.6 Å². The fourth-order valence-electron chi connectivity index (χ4n) is 1.91. The van der Waals surface area contributed by atoms with E-state index in [1.807, 2.05) is 0 Å². The number of nitro groups is 1. The zero-order valence-electron chi connectivity index (χ0n) is 9.12. The molecule has 1 N–H and O–H groups in total. The highest BCUT2D eigenvalue weighted by Gasteiger charge is 2.44. The van der Waals surface area contributed by atoms with Crippen LogP contribution < -0.4 is 4.74 Å². The Balaban J connectivity index is 2.27. The number of carboxylic acids is 1. The molecule has 0 unspecified atom stereocenters. The predicted octanol–water partition coefficient (Wildman–Crippen LogP) is 1.79. The average Bonchev–Trinajstić information content (AvgIpc) is 3.08. The van der Waals surface area contributed by atoms with Gasteiger partial charge in [0.05, 0.1) is 18.0 Å². The van der Waals surface area contributed by atoms with Crippen LogP contribution >= 0.6 is 0 Å². The minimum absolute atomic E-state index is 0.0535. The molecule has 0 heterocycles. The number of carboxylic acid groups (broad SMARTS) is 1. The van der Waals surface area contributed by atoms with Crippen molar-refractivity contribution in [1.29, 1.82) is 0 Å². The van der Waals surface area contributed by atoms with Crippen molar-refractivity contribution in [2.45, 2.75) is 12.3 Å². The summed E-state index contributed by atoms with van der Waals surface area (Å²) in [5, 5.41) is 19.5. The van der Waals surface area contributed by atoms with Gasteiger partial charge in [0, 0.05) is 6.07 Å². The van der Waals surface area contributed by atoms with E-state index < -0.39 is 10.9 Å². The molecular weight excluding hydrogens is 226 g/mol. The number of aliphatic carboxylic acids is 1. The summed E-state index contributed by atoms with van der Waals surface area (Å²) in [5.74, 6) is -1.08. The Kier molecular flexibility index (Phi) is 2.71. The van der Waals surface area contributed by atoms with Crippen LogP contribution in [-0.2, 0) is 4.79 Å². The summed E-state index contributed by atoms with van der Waals surface area (Å²) in [5.41, 5.74) is 0.670. The lowest BCUT2D eigenvalue weighted by Crippen LogP contribution is -2.00. The van der Waals surface area contributed by atoms with Crippen LogP contribution in [0.2, 0.25) is 0 Å². The molecule has 0 aromatic heterocycles. The van der Waals surface area contributed by atoms with E-state index in [1.54, 1.807) is 12.1 Å². The molecule has 0 radical (unpaired) electrons. The van der Waals surface area contributed by atoms with Crippen molar-refractivity contribution in [3.63, 3.8) is 0 Å². The van der Waals surface area contributed by atoms with Crippen molar-refractivity contribution in [2.75, 3.05) is 7.11 Å². The van der Waals surface area contributed by atoms with E-state index in [1.165, 1.54) is 13.2 Å². The smallest absolute Gasteiger partial charge is 0.310 e. The minimum Gasteiger partial charge on any atom is -0.490 e. The molecule has 2 rings (SSSR count). The number of nitrogens with zero attached hydrogens (tertiary/aromatic N) is 1. The largest absolute Gasteiger partial charge is 0.490 e. The molecule has 1 aromatic carbocycles. The lowest BCUT2D eigenvalue weighted by atomic mass is 10.1. The van der Waals surface area contributed by atoms with E-state index in [4.69, 9.17) is 9.84 Å². The van der Waals surface area contributed by atoms with E-state index in [2.05, 4.69) is 0 Å². The van der Waals surface area contributed by atoms with Gasteiger partial charge in [-0.15, -0.1) is 0 Å². The quantitative estimate of drug-likeness (QED) is 0.636. The van der Waals surface area contributed by atoms with E-state index in [0.29, 0.717) is 6.42 Å². The summed E-state index contributed by atoms with van der Waals surface area (Å²) >= 11 is 0. The van der Waals surface area contributed by atoms with Crippen molar-refractivity contribution in [1.82, 2.24) is 0 Å². The first-order valence-electron chi connectivity index (χ1n) is 5.09. The second-order valence-corrected chi connectivity index (χ2v) is 3.98. The number of carbonyl (C=O) groups is 1. The summed E-state index contributed by atoms with van der Waals surface area (Å²) in [4.78, 5) is 20.9. The first kappa shape index (κ1) is 11.4. The molecule has 2 atom stereocenters. The van der Waals surface area contributed by atoms with Crippen LogP contribution in [0.25, 0.3) is 0 Å². The molecule has 0 aliphatic heterocycles. The van der Waals surface area contributed by atoms with Gasteiger partial charge in [-0.2, -0.15) is 0 Å². The Morgan fingerprint density at radius 2 is 2.29 bits per heavy atom. The molecule has 0 bridgehead atoms. The Hall–Kier alpha value is -2.11. The Bertz CT molecular complexity index is 485. The second-order valence-electron chi connectivity index (χ2n) is 3.98. The van der Waals surface area contributed by atoms with E-state index in [-0.39, 0.29) is 23.3 Å². The van der Waals surface area contributed by atoms with Crippen LogP contribution in [0.15, 0.2) is 18.2 Å². The zero-order valence-corrected chi connectivity index (χ0v) is 9.12. The minimum atomic E-state index is -0.827. The monoisotopic (exact) mass is 237 g/mol. The third kappa shape index (κ3) is 2.06. The van der Waals surface area contributed by atoms with E-state index in [9.17, 15) is 14.9 Å². The number of methoxy groups -OCH3 is 1. The van der Waals surface area contributed by atoms with Crippen LogP contribution in [-0.4, -0.2) is 23.1 Å². The fraction of sp³-hybridized carbons (Fsp3) is 0.364. The van der Waals surface area contributed by atoms with Crippen molar-refractivity contribution in [3.8, 4) is 5.75 Å². The van der Waals surface area contributed by atoms with Gasteiger partial charge >= 0.3 is 11.7 Å². The van der Waals surface area contributed by atoms with Crippen LogP contribution in [0.3, 0.4) is 0 Å².